The summed E-state index contributed by atoms with van der Waals surface area (Å²) in [6.07, 6.45) is 0. The summed E-state index contributed by atoms with van der Waals surface area (Å²) in [5, 5.41) is 6.15. The summed E-state index contributed by atoms with van der Waals surface area (Å²) >= 11 is 0. The van der Waals surface area contributed by atoms with E-state index in [1.54, 1.807) is 30.2 Å². The summed E-state index contributed by atoms with van der Waals surface area (Å²) in [5.41, 5.74) is 1.21. The Labute approximate surface area is 141 Å². The zero-order chi connectivity index (χ0) is 17.3. The highest BCUT2D eigenvalue weighted by Gasteiger charge is 2.30. The molecule has 1 aromatic carbocycles. The summed E-state index contributed by atoms with van der Waals surface area (Å²) in [5.74, 6) is 0.574. The molecule has 2 N–H and O–H groups in total. The lowest BCUT2D eigenvalue weighted by Crippen LogP contribution is -2.57. The summed E-state index contributed by atoms with van der Waals surface area (Å²) in [7, 11) is 1.56. The number of anilines is 1. The van der Waals surface area contributed by atoms with E-state index in [2.05, 4.69) is 17.6 Å². The number of nitrogens with zero attached hydrogens (tertiary/aromatic N) is 2. The van der Waals surface area contributed by atoms with Gasteiger partial charge in [-0.1, -0.05) is 0 Å². The van der Waals surface area contributed by atoms with Crippen LogP contribution in [-0.2, 0) is 0 Å². The average Bonchev–Trinajstić information content (AvgIpc) is 3.02. The van der Waals surface area contributed by atoms with E-state index in [1.807, 2.05) is 11.8 Å². The molecule has 2 heterocycles. The maximum Gasteiger partial charge on any atom is 0.322 e. The third kappa shape index (κ3) is 2.91. The van der Waals surface area contributed by atoms with Crippen molar-refractivity contribution in [3.8, 4) is 5.75 Å². The fraction of sp³-hybridized carbons (Fsp3) is 0.529. The van der Waals surface area contributed by atoms with Gasteiger partial charge in [0.25, 0.3) is 5.91 Å². The highest BCUT2D eigenvalue weighted by Crippen LogP contribution is 2.31. The lowest BCUT2D eigenvalue weighted by atomic mass is 10.0. The number of benzene rings is 1. The highest BCUT2D eigenvalue weighted by atomic mass is 16.5. The predicted molar refractivity (Wildman–Crippen MR) is 91.7 cm³/mol. The van der Waals surface area contributed by atoms with E-state index in [9.17, 15) is 9.59 Å². The third-order valence-corrected chi connectivity index (χ3v) is 4.87. The fourth-order valence-electron chi connectivity index (χ4n) is 3.24. The van der Waals surface area contributed by atoms with Crippen LogP contribution in [0.25, 0.3) is 0 Å². The quantitative estimate of drug-likeness (QED) is 0.868. The van der Waals surface area contributed by atoms with Gasteiger partial charge in [0.15, 0.2) is 0 Å². The molecule has 130 valence electrons. The van der Waals surface area contributed by atoms with Crippen molar-refractivity contribution < 1.29 is 14.3 Å². The molecule has 2 saturated heterocycles. The molecule has 7 nitrogen and oxygen atoms in total. The highest BCUT2D eigenvalue weighted by molar-refractivity contribution is 6.00. The van der Waals surface area contributed by atoms with E-state index in [4.69, 9.17) is 4.74 Å². The molecule has 24 heavy (non-hydrogen) atoms. The van der Waals surface area contributed by atoms with Gasteiger partial charge in [-0.3, -0.25) is 9.69 Å². The lowest BCUT2D eigenvalue weighted by Gasteiger charge is -2.38. The van der Waals surface area contributed by atoms with Crippen molar-refractivity contribution in [3.63, 3.8) is 0 Å². The van der Waals surface area contributed by atoms with Crippen LogP contribution in [0.15, 0.2) is 18.2 Å². The summed E-state index contributed by atoms with van der Waals surface area (Å²) in [6.45, 7) is 6.75. The number of carbonyl (C=O) groups excluding carboxylic acids is 2. The van der Waals surface area contributed by atoms with E-state index in [1.165, 1.54) is 0 Å². The Kier molecular flexibility index (Phi) is 4.62. The first kappa shape index (κ1) is 16.6. The van der Waals surface area contributed by atoms with Gasteiger partial charge in [-0.25, -0.2) is 4.79 Å². The molecule has 2 aliphatic heterocycles. The third-order valence-electron chi connectivity index (χ3n) is 4.87. The molecule has 0 aliphatic carbocycles. The Balaban J connectivity index is 1.91. The Morgan fingerprint density at radius 2 is 2.04 bits per heavy atom. The number of amides is 3. The molecule has 3 amide bonds. The van der Waals surface area contributed by atoms with Crippen molar-refractivity contribution in [2.75, 3.05) is 38.2 Å². The number of methoxy groups -OCH3 is 1. The second-order valence-electron chi connectivity index (χ2n) is 6.25. The Morgan fingerprint density at radius 3 is 2.71 bits per heavy atom. The first-order valence-electron chi connectivity index (χ1n) is 8.30. The van der Waals surface area contributed by atoms with Gasteiger partial charge in [0.1, 0.15) is 5.75 Å². The van der Waals surface area contributed by atoms with Gasteiger partial charge in [-0.15, -0.1) is 0 Å². The second-order valence-corrected chi connectivity index (χ2v) is 6.25. The van der Waals surface area contributed by atoms with Crippen molar-refractivity contribution >= 4 is 17.6 Å². The van der Waals surface area contributed by atoms with Crippen molar-refractivity contribution in [1.82, 2.24) is 15.5 Å². The summed E-state index contributed by atoms with van der Waals surface area (Å²) in [6, 6.07) is 5.48. The smallest absolute Gasteiger partial charge is 0.322 e. The molecule has 0 bridgehead atoms. The number of urea groups is 1. The van der Waals surface area contributed by atoms with Crippen LogP contribution in [0.2, 0.25) is 0 Å². The molecule has 0 spiro atoms. The minimum atomic E-state index is -0.165. The maximum absolute atomic E-state index is 12.9. The molecule has 2 unspecified atom stereocenters. The van der Waals surface area contributed by atoms with Crippen molar-refractivity contribution in [2.45, 2.75) is 25.9 Å². The van der Waals surface area contributed by atoms with Crippen LogP contribution in [-0.4, -0.2) is 62.2 Å². The zero-order valence-electron chi connectivity index (χ0n) is 14.3. The van der Waals surface area contributed by atoms with E-state index in [0.717, 1.165) is 6.54 Å². The van der Waals surface area contributed by atoms with Crippen LogP contribution < -0.4 is 20.3 Å². The van der Waals surface area contributed by atoms with Crippen molar-refractivity contribution in [3.05, 3.63) is 23.8 Å². The topological polar surface area (TPSA) is 73.9 Å². The SMILES string of the molecule is COc1ccc(C(=O)N2CCNC(C)C2C)cc1N1CCNC1=O. The normalized spacial score (nSPS) is 24.0. The number of hydrogen-bond acceptors (Lipinski definition) is 4. The Morgan fingerprint density at radius 1 is 1.25 bits per heavy atom. The molecule has 0 aromatic heterocycles. The van der Waals surface area contributed by atoms with Crippen LogP contribution in [0.5, 0.6) is 5.75 Å². The monoisotopic (exact) mass is 332 g/mol. The molecule has 3 rings (SSSR count). The molecule has 0 saturated carbocycles. The molecule has 2 aliphatic rings. The van der Waals surface area contributed by atoms with Gasteiger partial charge in [-0.05, 0) is 32.0 Å². The first-order chi connectivity index (χ1) is 11.5. The Hall–Kier alpha value is -2.28. The van der Waals surface area contributed by atoms with Crippen LogP contribution in [0.1, 0.15) is 24.2 Å². The number of nitrogens with one attached hydrogen (secondary N) is 2. The van der Waals surface area contributed by atoms with E-state index >= 15 is 0 Å². The minimum Gasteiger partial charge on any atom is -0.495 e. The second kappa shape index (κ2) is 6.68. The van der Waals surface area contributed by atoms with Crippen LogP contribution in [0, 0.1) is 0 Å². The van der Waals surface area contributed by atoms with Crippen LogP contribution in [0.3, 0.4) is 0 Å². The molecule has 7 heteroatoms. The molecular weight excluding hydrogens is 308 g/mol. The van der Waals surface area contributed by atoms with Crippen molar-refractivity contribution in [1.29, 1.82) is 0 Å². The number of hydrogen-bond donors (Lipinski definition) is 2. The number of ether oxygens (including phenoxy) is 1. The average molecular weight is 332 g/mol. The standard InChI is InChI=1S/C17H24N4O3/c1-11-12(2)20(8-6-18-11)16(22)13-4-5-15(24-3)14(10-13)21-9-7-19-17(21)23/h4-5,10-12,18H,6-9H2,1-3H3,(H,19,23). The van der Waals surface area contributed by atoms with E-state index < -0.39 is 0 Å². The first-order valence-corrected chi connectivity index (χ1v) is 8.30. The maximum atomic E-state index is 12.9. The largest absolute Gasteiger partial charge is 0.495 e. The van der Waals surface area contributed by atoms with E-state index in [0.29, 0.717) is 36.6 Å². The predicted octanol–water partition coefficient (Wildman–Crippen LogP) is 1.05. The number of piperazine rings is 1. The molecular formula is C17H24N4O3. The number of rotatable bonds is 3. The van der Waals surface area contributed by atoms with Crippen LogP contribution in [0.4, 0.5) is 10.5 Å². The van der Waals surface area contributed by atoms with Gasteiger partial charge >= 0.3 is 6.03 Å². The molecule has 0 radical (unpaired) electrons. The van der Waals surface area contributed by atoms with Gasteiger partial charge in [0, 0.05) is 43.8 Å². The lowest BCUT2D eigenvalue weighted by molar-refractivity contribution is 0.0603. The van der Waals surface area contributed by atoms with Crippen molar-refractivity contribution in [2.24, 2.45) is 0 Å². The minimum absolute atomic E-state index is 0.0145. The summed E-state index contributed by atoms with van der Waals surface area (Å²) < 4.78 is 5.37. The van der Waals surface area contributed by atoms with E-state index in [-0.39, 0.29) is 24.0 Å². The Bertz CT molecular complexity index is 649. The molecule has 1 aromatic rings. The summed E-state index contributed by atoms with van der Waals surface area (Å²) in [4.78, 5) is 28.4. The fourth-order valence-corrected chi connectivity index (χ4v) is 3.24. The van der Waals surface area contributed by atoms with Crippen LogP contribution >= 0.6 is 0 Å². The molecule has 2 fully saturated rings. The van der Waals surface area contributed by atoms with Gasteiger partial charge in [0.05, 0.1) is 12.8 Å². The van der Waals surface area contributed by atoms with Gasteiger partial charge in [-0.2, -0.15) is 0 Å². The van der Waals surface area contributed by atoms with Gasteiger partial charge in [0.2, 0.25) is 0 Å². The molecule has 2 atom stereocenters. The number of carbonyl (C=O) groups is 2. The van der Waals surface area contributed by atoms with Gasteiger partial charge < -0.3 is 20.3 Å². The zero-order valence-corrected chi connectivity index (χ0v) is 14.3.